The zero-order chi connectivity index (χ0) is 25.9. The van der Waals surface area contributed by atoms with Crippen LogP contribution in [0.3, 0.4) is 0 Å². The molecular formula is C35H23N3O. The Bertz CT molecular complexity index is 2320. The van der Waals surface area contributed by atoms with Crippen molar-refractivity contribution in [2.45, 2.75) is 19.3 Å². The zero-order valence-corrected chi connectivity index (χ0v) is 21.6. The van der Waals surface area contributed by atoms with Crippen LogP contribution >= 0.6 is 0 Å². The van der Waals surface area contributed by atoms with Gasteiger partial charge in [0.1, 0.15) is 17.5 Å². The minimum Gasteiger partial charge on any atom is -0.456 e. The summed E-state index contributed by atoms with van der Waals surface area (Å²) in [5.74, 6) is 0. The molecule has 0 saturated carbocycles. The smallest absolute Gasteiger partial charge is 0.137 e. The molecule has 8 aromatic rings. The third kappa shape index (κ3) is 2.63. The first kappa shape index (κ1) is 21.0. The second-order valence-electron chi connectivity index (χ2n) is 11.1. The molecule has 0 bridgehead atoms. The summed E-state index contributed by atoms with van der Waals surface area (Å²) in [4.78, 5) is 8.85. The van der Waals surface area contributed by atoms with Gasteiger partial charge in [-0.2, -0.15) is 0 Å². The number of aromatic nitrogens is 3. The number of rotatable bonds is 1. The van der Waals surface area contributed by atoms with Gasteiger partial charge in [-0.3, -0.25) is 0 Å². The summed E-state index contributed by atoms with van der Waals surface area (Å²) >= 11 is 0. The van der Waals surface area contributed by atoms with E-state index in [9.17, 15) is 0 Å². The topological polar surface area (TPSA) is 43.9 Å². The molecule has 0 aliphatic heterocycles. The fourth-order valence-corrected chi connectivity index (χ4v) is 6.94. The average Bonchev–Trinajstić information content (AvgIpc) is 3.57. The van der Waals surface area contributed by atoms with Crippen LogP contribution in [0.2, 0.25) is 0 Å². The fourth-order valence-electron chi connectivity index (χ4n) is 6.94. The van der Waals surface area contributed by atoms with Crippen LogP contribution in [-0.4, -0.2) is 14.5 Å². The largest absolute Gasteiger partial charge is 0.456 e. The standard InChI is InChI=1S/C35H23N3O/c1-35(2)28-17-29-20(18-36-19-37-29)15-27(28)25-13-14-26-22-7-3-5-9-30(22)38(34(26)33(25)35)21-11-12-24-23-8-4-6-10-31(23)39-32(24)16-21/h3-19H,1-2H3. The van der Waals surface area contributed by atoms with Crippen LogP contribution in [0, 0.1) is 0 Å². The van der Waals surface area contributed by atoms with E-state index in [0.29, 0.717) is 0 Å². The van der Waals surface area contributed by atoms with E-state index in [-0.39, 0.29) is 5.41 Å². The predicted molar refractivity (Wildman–Crippen MR) is 159 cm³/mol. The second kappa shape index (κ2) is 7.12. The number of fused-ring (bicyclic) bond motifs is 11. The molecule has 39 heavy (non-hydrogen) atoms. The number of nitrogens with zero attached hydrogens (tertiary/aromatic N) is 3. The van der Waals surface area contributed by atoms with Crippen molar-refractivity contribution in [2.75, 3.05) is 0 Å². The molecule has 4 nitrogen and oxygen atoms in total. The van der Waals surface area contributed by atoms with E-state index in [1.807, 2.05) is 18.3 Å². The van der Waals surface area contributed by atoms with Crippen LogP contribution in [0.5, 0.6) is 0 Å². The molecule has 0 amide bonds. The SMILES string of the molecule is CC1(C)c2cc3ncncc3cc2-c2ccc3c4ccccc4n(-c4ccc5c(c4)oc4ccccc45)c3c21. The highest BCUT2D eigenvalue weighted by Crippen LogP contribution is 2.53. The summed E-state index contributed by atoms with van der Waals surface area (Å²) in [6, 6.07) is 32.7. The molecule has 3 heterocycles. The first-order valence-electron chi connectivity index (χ1n) is 13.3. The van der Waals surface area contributed by atoms with Crippen LogP contribution in [0.15, 0.2) is 108 Å². The number of para-hydroxylation sites is 2. The van der Waals surface area contributed by atoms with Crippen LogP contribution in [0.4, 0.5) is 0 Å². The van der Waals surface area contributed by atoms with Crippen molar-refractivity contribution in [1.82, 2.24) is 14.5 Å². The highest BCUT2D eigenvalue weighted by atomic mass is 16.3. The lowest BCUT2D eigenvalue weighted by atomic mass is 9.81. The van der Waals surface area contributed by atoms with E-state index < -0.39 is 0 Å². The maximum absolute atomic E-state index is 6.32. The maximum Gasteiger partial charge on any atom is 0.137 e. The highest BCUT2D eigenvalue weighted by molar-refractivity contribution is 6.14. The van der Waals surface area contributed by atoms with Crippen molar-refractivity contribution >= 4 is 54.6 Å². The van der Waals surface area contributed by atoms with Gasteiger partial charge in [0.25, 0.3) is 0 Å². The Hall–Kier alpha value is -4.96. The highest BCUT2D eigenvalue weighted by Gasteiger charge is 2.39. The summed E-state index contributed by atoms with van der Waals surface area (Å²) in [6.07, 6.45) is 3.54. The minimum absolute atomic E-state index is 0.209. The van der Waals surface area contributed by atoms with Crippen molar-refractivity contribution in [2.24, 2.45) is 0 Å². The van der Waals surface area contributed by atoms with E-state index >= 15 is 0 Å². The lowest BCUT2D eigenvalue weighted by Crippen LogP contribution is -2.16. The quantitative estimate of drug-likeness (QED) is 0.225. The van der Waals surface area contributed by atoms with Gasteiger partial charge in [-0.1, -0.05) is 62.4 Å². The summed E-state index contributed by atoms with van der Waals surface area (Å²) in [7, 11) is 0. The Balaban J connectivity index is 1.41. The Morgan fingerprint density at radius 1 is 0.718 bits per heavy atom. The van der Waals surface area contributed by atoms with E-state index in [1.54, 1.807) is 6.33 Å². The van der Waals surface area contributed by atoms with E-state index in [4.69, 9.17) is 4.42 Å². The summed E-state index contributed by atoms with van der Waals surface area (Å²) < 4.78 is 8.75. The molecular weight excluding hydrogens is 478 g/mol. The van der Waals surface area contributed by atoms with Gasteiger partial charge < -0.3 is 8.98 Å². The van der Waals surface area contributed by atoms with Crippen LogP contribution < -0.4 is 0 Å². The predicted octanol–water partition coefficient (Wildman–Crippen LogP) is 8.93. The third-order valence-corrected chi connectivity index (χ3v) is 8.69. The molecule has 1 aliphatic rings. The lowest BCUT2D eigenvalue weighted by molar-refractivity contribution is 0.664. The molecule has 3 aromatic heterocycles. The van der Waals surface area contributed by atoms with Crippen LogP contribution in [0.1, 0.15) is 25.0 Å². The molecule has 9 rings (SSSR count). The van der Waals surface area contributed by atoms with Crippen molar-refractivity contribution in [3.05, 3.63) is 115 Å². The Labute approximate surface area is 224 Å². The van der Waals surface area contributed by atoms with Gasteiger partial charge in [-0.25, -0.2) is 9.97 Å². The Morgan fingerprint density at radius 2 is 1.51 bits per heavy atom. The van der Waals surface area contributed by atoms with Gasteiger partial charge >= 0.3 is 0 Å². The summed E-state index contributed by atoms with van der Waals surface area (Å²) in [6.45, 7) is 4.68. The van der Waals surface area contributed by atoms with Crippen molar-refractivity contribution in [3.8, 4) is 16.8 Å². The van der Waals surface area contributed by atoms with Crippen molar-refractivity contribution in [1.29, 1.82) is 0 Å². The molecule has 0 spiro atoms. The molecule has 1 aliphatic carbocycles. The average molecular weight is 502 g/mol. The van der Waals surface area contributed by atoms with Gasteiger partial charge in [0, 0.05) is 50.3 Å². The second-order valence-corrected chi connectivity index (χ2v) is 11.1. The third-order valence-electron chi connectivity index (χ3n) is 8.69. The first-order chi connectivity index (χ1) is 19.1. The molecule has 0 unspecified atom stereocenters. The van der Waals surface area contributed by atoms with Crippen molar-refractivity contribution < 1.29 is 4.42 Å². The van der Waals surface area contributed by atoms with Gasteiger partial charge in [-0.05, 0) is 58.7 Å². The number of hydrogen-bond donors (Lipinski definition) is 0. The number of furan rings is 1. The molecule has 184 valence electrons. The normalized spacial score (nSPS) is 14.1. The van der Waals surface area contributed by atoms with E-state index in [1.165, 1.54) is 44.1 Å². The summed E-state index contributed by atoms with van der Waals surface area (Å²) in [5, 5.41) is 5.87. The van der Waals surface area contributed by atoms with Crippen LogP contribution in [-0.2, 0) is 5.41 Å². The maximum atomic E-state index is 6.32. The van der Waals surface area contributed by atoms with Gasteiger partial charge in [0.15, 0.2) is 0 Å². The molecule has 0 atom stereocenters. The molecule has 0 radical (unpaired) electrons. The van der Waals surface area contributed by atoms with Crippen LogP contribution in [0.25, 0.3) is 71.5 Å². The Morgan fingerprint density at radius 3 is 2.44 bits per heavy atom. The number of hydrogen-bond acceptors (Lipinski definition) is 3. The lowest BCUT2D eigenvalue weighted by Gasteiger charge is -2.24. The minimum atomic E-state index is -0.209. The van der Waals surface area contributed by atoms with E-state index in [0.717, 1.165) is 38.5 Å². The van der Waals surface area contributed by atoms with Gasteiger partial charge in [-0.15, -0.1) is 0 Å². The zero-order valence-electron chi connectivity index (χ0n) is 21.6. The fraction of sp³-hybridized carbons (Fsp3) is 0.0857. The Kier molecular flexibility index (Phi) is 3.84. The molecule has 4 heteroatoms. The number of benzene rings is 5. The molecule has 0 fully saturated rings. The van der Waals surface area contributed by atoms with Gasteiger partial charge in [0.2, 0.25) is 0 Å². The molecule has 0 saturated heterocycles. The molecule has 0 N–H and O–H groups in total. The van der Waals surface area contributed by atoms with E-state index in [2.05, 4.69) is 107 Å². The first-order valence-corrected chi connectivity index (χ1v) is 13.3. The molecule has 5 aromatic carbocycles. The summed E-state index contributed by atoms with van der Waals surface area (Å²) in [5.41, 5.74) is 11.3. The monoisotopic (exact) mass is 501 g/mol. The van der Waals surface area contributed by atoms with Gasteiger partial charge in [0.05, 0.1) is 16.6 Å². The van der Waals surface area contributed by atoms with Crippen molar-refractivity contribution in [3.63, 3.8) is 0 Å².